The molecule has 0 radical (unpaired) electrons. The van der Waals surface area contributed by atoms with Crippen molar-refractivity contribution >= 4 is 11.6 Å². The third-order valence-corrected chi connectivity index (χ3v) is 2.35. The summed E-state index contributed by atoms with van der Waals surface area (Å²) in [7, 11) is 0. The molecule has 3 N–H and O–H groups in total. The number of carbonyl (C=O) groups excluding carboxylic acids is 1. The Labute approximate surface area is 110 Å². The predicted octanol–water partition coefficient (Wildman–Crippen LogP) is 1.04. The van der Waals surface area contributed by atoms with E-state index in [-0.39, 0.29) is 12.5 Å². The topological polar surface area (TPSA) is 80.9 Å². The average molecular weight is 252 g/mol. The van der Waals surface area contributed by atoms with Crippen molar-refractivity contribution in [2.24, 2.45) is 5.73 Å². The van der Waals surface area contributed by atoms with E-state index in [0.717, 1.165) is 5.56 Å². The van der Waals surface area contributed by atoms with Gasteiger partial charge in [-0.3, -0.25) is 4.79 Å². The molecule has 0 bridgehead atoms. The van der Waals surface area contributed by atoms with Crippen molar-refractivity contribution < 1.29 is 4.79 Å². The minimum Gasteiger partial charge on any atom is -0.321 e. The van der Waals surface area contributed by atoms with E-state index in [4.69, 9.17) is 5.73 Å². The molecule has 0 saturated heterocycles. The first-order chi connectivity index (χ1) is 9.31. The Morgan fingerprint density at radius 2 is 2.11 bits per heavy atom. The largest absolute Gasteiger partial charge is 0.321 e. The molecule has 1 aromatic heterocycles. The van der Waals surface area contributed by atoms with Crippen LogP contribution in [-0.2, 0) is 0 Å². The zero-order chi connectivity index (χ0) is 13.5. The van der Waals surface area contributed by atoms with Gasteiger partial charge in [-0.05, 0) is 18.2 Å². The second kappa shape index (κ2) is 6.28. The number of nitrogens with one attached hydrogen (secondary N) is 1. The Hall–Kier alpha value is -2.71. The van der Waals surface area contributed by atoms with E-state index in [2.05, 4.69) is 27.4 Å². The molecule has 0 aliphatic rings. The Morgan fingerprint density at radius 1 is 1.26 bits per heavy atom. The summed E-state index contributed by atoms with van der Waals surface area (Å²) in [6.07, 6.45) is 2.87. The number of hydrogen-bond donors (Lipinski definition) is 2. The molecule has 0 unspecified atom stereocenters. The van der Waals surface area contributed by atoms with Crippen LogP contribution in [0.4, 0.5) is 5.69 Å². The van der Waals surface area contributed by atoms with Crippen molar-refractivity contribution in [3.05, 3.63) is 53.9 Å². The normalized spacial score (nSPS) is 9.32. The van der Waals surface area contributed by atoms with Crippen LogP contribution in [0.15, 0.2) is 42.7 Å². The van der Waals surface area contributed by atoms with Crippen LogP contribution >= 0.6 is 0 Å². The average Bonchev–Trinajstić information content (AvgIpc) is 2.47. The molecule has 1 heterocycles. The van der Waals surface area contributed by atoms with Crippen molar-refractivity contribution in [1.82, 2.24) is 10.2 Å². The monoisotopic (exact) mass is 252 g/mol. The number of nitrogens with two attached hydrogens (primary N) is 1. The van der Waals surface area contributed by atoms with Gasteiger partial charge < -0.3 is 11.1 Å². The molecule has 0 aliphatic heterocycles. The van der Waals surface area contributed by atoms with Crippen LogP contribution in [0.5, 0.6) is 0 Å². The molecular weight excluding hydrogens is 240 g/mol. The van der Waals surface area contributed by atoms with E-state index >= 15 is 0 Å². The molecule has 1 amide bonds. The Kier molecular flexibility index (Phi) is 4.21. The first kappa shape index (κ1) is 12.7. The first-order valence-corrected chi connectivity index (χ1v) is 5.67. The Morgan fingerprint density at radius 3 is 2.84 bits per heavy atom. The lowest BCUT2D eigenvalue weighted by Crippen LogP contribution is -2.13. The highest BCUT2D eigenvalue weighted by Gasteiger charge is 2.07. The Bertz CT molecular complexity index is 629. The number of carbonyl (C=O) groups is 1. The summed E-state index contributed by atoms with van der Waals surface area (Å²) in [5.41, 5.74) is 7.15. The van der Waals surface area contributed by atoms with Gasteiger partial charge in [0.1, 0.15) is 0 Å². The maximum atomic E-state index is 12.0. The van der Waals surface area contributed by atoms with Crippen molar-refractivity contribution in [2.75, 3.05) is 11.9 Å². The van der Waals surface area contributed by atoms with E-state index < -0.39 is 0 Å². The SMILES string of the molecule is NCC#Cc1ccccc1NC(=O)c1ccnnc1. The van der Waals surface area contributed by atoms with Gasteiger partial charge in [-0.15, -0.1) is 0 Å². The van der Waals surface area contributed by atoms with Crippen molar-refractivity contribution in [3.63, 3.8) is 0 Å². The lowest BCUT2D eigenvalue weighted by Gasteiger charge is -2.06. The number of nitrogens with zero attached hydrogens (tertiary/aromatic N) is 2. The smallest absolute Gasteiger partial charge is 0.257 e. The number of anilines is 1. The van der Waals surface area contributed by atoms with Crippen LogP contribution < -0.4 is 11.1 Å². The lowest BCUT2D eigenvalue weighted by atomic mass is 10.1. The van der Waals surface area contributed by atoms with Gasteiger partial charge in [0, 0.05) is 5.56 Å². The molecule has 5 heteroatoms. The zero-order valence-corrected chi connectivity index (χ0v) is 10.1. The highest BCUT2D eigenvalue weighted by Crippen LogP contribution is 2.14. The third-order valence-electron chi connectivity index (χ3n) is 2.35. The fourth-order valence-electron chi connectivity index (χ4n) is 1.47. The summed E-state index contributed by atoms with van der Waals surface area (Å²) < 4.78 is 0. The highest BCUT2D eigenvalue weighted by atomic mass is 16.1. The number of rotatable bonds is 2. The number of amides is 1. The van der Waals surface area contributed by atoms with Gasteiger partial charge >= 0.3 is 0 Å². The molecule has 1 aromatic carbocycles. The Balaban J connectivity index is 2.22. The molecular formula is C14H12N4O. The van der Waals surface area contributed by atoms with Gasteiger partial charge in [0.2, 0.25) is 0 Å². The van der Waals surface area contributed by atoms with Gasteiger partial charge in [0.25, 0.3) is 5.91 Å². The third kappa shape index (κ3) is 3.37. The maximum absolute atomic E-state index is 12.0. The maximum Gasteiger partial charge on any atom is 0.257 e. The molecule has 0 fully saturated rings. The van der Waals surface area contributed by atoms with E-state index in [1.165, 1.54) is 12.4 Å². The van der Waals surface area contributed by atoms with Gasteiger partial charge in [0.05, 0.1) is 30.2 Å². The zero-order valence-electron chi connectivity index (χ0n) is 10.1. The fraction of sp³-hybridized carbons (Fsp3) is 0.0714. The van der Waals surface area contributed by atoms with Gasteiger partial charge in [0.15, 0.2) is 0 Å². The minimum atomic E-state index is -0.253. The quantitative estimate of drug-likeness (QED) is 0.782. The van der Waals surface area contributed by atoms with Crippen LogP contribution in [0.3, 0.4) is 0 Å². The summed E-state index contributed by atoms with van der Waals surface area (Å²) in [5, 5.41) is 10.1. The van der Waals surface area contributed by atoms with Crippen molar-refractivity contribution in [2.45, 2.75) is 0 Å². The second-order valence-electron chi connectivity index (χ2n) is 3.64. The molecule has 0 aliphatic carbocycles. The summed E-state index contributed by atoms with van der Waals surface area (Å²) in [6.45, 7) is 0.274. The van der Waals surface area contributed by atoms with Gasteiger partial charge in [-0.2, -0.15) is 10.2 Å². The lowest BCUT2D eigenvalue weighted by molar-refractivity contribution is 0.102. The molecule has 94 valence electrons. The first-order valence-electron chi connectivity index (χ1n) is 5.67. The molecule has 0 atom stereocenters. The van der Waals surface area contributed by atoms with E-state index in [9.17, 15) is 4.79 Å². The summed E-state index contributed by atoms with van der Waals surface area (Å²) >= 11 is 0. The number of para-hydroxylation sites is 1. The summed E-state index contributed by atoms with van der Waals surface area (Å²) in [6, 6.07) is 8.88. The summed E-state index contributed by atoms with van der Waals surface area (Å²) in [5.74, 6) is 5.42. The minimum absolute atomic E-state index is 0.253. The molecule has 0 saturated carbocycles. The van der Waals surface area contributed by atoms with Crippen LogP contribution in [-0.4, -0.2) is 22.6 Å². The molecule has 2 rings (SSSR count). The standard InChI is InChI=1S/C14H12N4O/c15-8-3-5-11-4-1-2-6-13(11)18-14(19)12-7-9-16-17-10-12/h1-2,4,6-7,9-10H,8,15H2,(H,18,19). The van der Waals surface area contributed by atoms with E-state index in [1.54, 1.807) is 12.1 Å². The van der Waals surface area contributed by atoms with Crippen LogP contribution in [0.25, 0.3) is 0 Å². The van der Waals surface area contributed by atoms with Gasteiger partial charge in [-0.25, -0.2) is 0 Å². The molecule has 5 nitrogen and oxygen atoms in total. The van der Waals surface area contributed by atoms with E-state index in [1.807, 2.05) is 18.2 Å². The van der Waals surface area contributed by atoms with Crippen molar-refractivity contribution in [3.8, 4) is 11.8 Å². The second-order valence-corrected chi connectivity index (χ2v) is 3.64. The molecule has 19 heavy (non-hydrogen) atoms. The van der Waals surface area contributed by atoms with E-state index in [0.29, 0.717) is 11.3 Å². The highest BCUT2D eigenvalue weighted by molar-refractivity contribution is 6.04. The van der Waals surface area contributed by atoms with Crippen LogP contribution in [0, 0.1) is 11.8 Å². The van der Waals surface area contributed by atoms with Gasteiger partial charge in [-0.1, -0.05) is 24.0 Å². The number of hydrogen-bond acceptors (Lipinski definition) is 4. The number of benzene rings is 1. The number of aromatic nitrogens is 2. The predicted molar refractivity (Wildman–Crippen MR) is 72.4 cm³/mol. The van der Waals surface area contributed by atoms with Crippen molar-refractivity contribution in [1.29, 1.82) is 0 Å². The molecule has 0 spiro atoms. The molecule has 2 aromatic rings. The summed E-state index contributed by atoms with van der Waals surface area (Å²) in [4.78, 5) is 12.0. The van der Waals surface area contributed by atoms with Crippen LogP contribution in [0.1, 0.15) is 15.9 Å². The van der Waals surface area contributed by atoms with Crippen LogP contribution in [0.2, 0.25) is 0 Å². The fourth-order valence-corrected chi connectivity index (χ4v) is 1.47.